The van der Waals surface area contributed by atoms with Gasteiger partial charge in [0, 0.05) is 18.8 Å². The fourth-order valence-corrected chi connectivity index (χ4v) is 3.06. The zero-order chi connectivity index (χ0) is 18.7. The summed E-state index contributed by atoms with van der Waals surface area (Å²) < 4.78 is 1.54. The van der Waals surface area contributed by atoms with Gasteiger partial charge in [-0.15, -0.1) is 0 Å². The van der Waals surface area contributed by atoms with E-state index in [1.54, 1.807) is 0 Å². The number of H-pyrrole nitrogens is 1. The number of benzene rings is 2. The highest BCUT2D eigenvalue weighted by molar-refractivity contribution is 5.56. The van der Waals surface area contributed by atoms with Gasteiger partial charge in [0.05, 0.1) is 16.3 Å². The highest BCUT2D eigenvalue weighted by Crippen LogP contribution is 2.15. The van der Waals surface area contributed by atoms with Crippen LogP contribution in [0.2, 0.25) is 0 Å². The second-order valence-corrected chi connectivity index (χ2v) is 6.39. The van der Waals surface area contributed by atoms with E-state index in [2.05, 4.69) is 42.6 Å². The smallest absolute Gasteiger partial charge is 0.279 e. The molecule has 4 heteroatoms. The number of rotatable bonds is 5. The number of aryl methyl sites for hydroxylation is 1. The highest BCUT2D eigenvalue weighted by atomic mass is 16.1. The molecule has 0 radical (unpaired) electrons. The van der Waals surface area contributed by atoms with E-state index >= 15 is 0 Å². The van der Waals surface area contributed by atoms with Gasteiger partial charge in [0.2, 0.25) is 0 Å². The maximum atomic E-state index is 12.8. The number of nitrogens with one attached hydrogen (secondary N) is 1. The Morgan fingerprint density at radius 1 is 1.04 bits per heavy atom. The first-order valence-corrected chi connectivity index (χ1v) is 8.97. The van der Waals surface area contributed by atoms with Crippen molar-refractivity contribution in [3.63, 3.8) is 0 Å². The number of hydrogen-bond acceptors (Lipinski definition) is 2. The van der Waals surface area contributed by atoms with Crippen molar-refractivity contribution in [1.29, 1.82) is 0 Å². The third-order valence-electron chi connectivity index (χ3n) is 4.63. The molecule has 0 spiro atoms. The van der Waals surface area contributed by atoms with Crippen LogP contribution in [0.4, 0.5) is 5.69 Å². The molecule has 0 atom stereocenters. The molecular formula is C22H25N3O. The lowest BCUT2D eigenvalue weighted by Crippen LogP contribution is -2.33. The summed E-state index contributed by atoms with van der Waals surface area (Å²) in [7, 11) is 0. The number of nitrogens with zero attached hydrogens (tertiary/aromatic N) is 2. The van der Waals surface area contributed by atoms with E-state index in [1.165, 1.54) is 10.4 Å². The number of anilines is 1. The predicted octanol–water partition coefficient (Wildman–Crippen LogP) is 2.56. The fourth-order valence-electron chi connectivity index (χ4n) is 3.06. The van der Waals surface area contributed by atoms with Crippen LogP contribution in [0.1, 0.15) is 25.0 Å². The monoisotopic (exact) mass is 347 g/mol. The molecule has 1 heterocycles. The quantitative estimate of drug-likeness (QED) is 0.771. The van der Waals surface area contributed by atoms with Gasteiger partial charge >= 0.3 is 0 Å². The van der Waals surface area contributed by atoms with E-state index in [0.29, 0.717) is 10.6 Å². The first-order chi connectivity index (χ1) is 12.5. The van der Waals surface area contributed by atoms with Crippen molar-refractivity contribution in [3.8, 4) is 5.69 Å². The van der Waals surface area contributed by atoms with Crippen molar-refractivity contribution in [2.75, 3.05) is 18.0 Å². The summed E-state index contributed by atoms with van der Waals surface area (Å²) in [6.07, 6.45) is 1.89. The Bertz CT molecular complexity index is 1040. The van der Waals surface area contributed by atoms with E-state index in [4.69, 9.17) is 0 Å². The Labute approximate surface area is 153 Å². The topological polar surface area (TPSA) is 41.0 Å². The molecule has 0 aliphatic rings. The van der Waals surface area contributed by atoms with Gasteiger partial charge in [-0.2, -0.15) is 0 Å². The van der Waals surface area contributed by atoms with E-state index in [1.807, 2.05) is 49.4 Å². The van der Waals surface area contributed by atoms with Crippen LogP contribution in [0.3, 0.4) is 0 Å². The van der Waals surface area contributed by atoms with Crippen LogP contribution in [-0.4, -0.2) is 22.9 Å². The number of hydrogen-bond donors (Lipinski definition) is 1. The van der Waals surface area contributed by atoms with Gasteiger partial charge in [-0.1, -0.05) is 36.4 Å². The molecule has 1 aromatic heterocycles. The van der Waals surface area contributed by atoms with Crippen LogP contribution in [0, 0.1) is 6.92 Å². The second kappa shape index (κ2) is 7.48. The summed E-state index contributed by atoms with van der Waals surface area (Å²) >= 11 is 0. The minimum Gasteiger partial charge on any atom is -0.372 e. The second-order valence-electron chi connectivity index (χ2n) is 6.39. The van der Waals surface area contributed by atoms with Gasteiger partial charge < -0.3 is 4.90 Å². The van der Waals surface area contributed by atoms with Crippen LogP contribution >= 0.6 is 0 Å². The number of aromatic nitrogens is 2. The molecule has 0 amide bonds. The molecule has 3 aromatic rings. The Kier molecular flexibility index (Phi) is 5.12. The van der Waals surface area contributed by atoms with Gasteiger partial charge in [0.25, 0.3) is 5.56 Å². The first-order valence-electron chi connectivity index (χ1n) is 8.97. The maximum absolute atomic E-state index is 12.8. The van der Waals surface area contributed by atoms with Gasteiger partial charge in [-0.25, -0.2) is 4.68 Å². The van der Waals surface area contributed by atoms with Crippen molar-refractivity contribution >= 4 is 18.3 Å². The van der Waals surface area contributed by atoms with Gasteiger partial charge in [-0.05, 0) is 56.7 Å². The normalized spacial score (nSPS) is 11.7. The van der Waals surface area contributed by atoms with Crippen LogP contribution in [0.25, 0.3) is 18.3 Å². The molecule has 3 rings (SSSR count). The molecule has 0 aliphatic carbocycles. The Morgan fingerprint density at radius 3 is 2.23 bits per heavy atom. The molecule has 0 unspecified atom stereocenters. The van der Waals surface area contributed by atoms with Gasteiger partial charge in [0.1, 0.15) is 0 Å². The molecular weight excluding hydrogens is 322 g/mol. The molecule has 0 saturated carbocycles. The van der Waals surface area contributed by atoms with Gasteiger partial charge in [0.15, 0.2) is 0 Å². The van der Waals surface area contributed by atoms with Crippen molar-refractivity contribution in [2.24, 2.45) is 0 Å². The molecule has 0 saturated heterocycles. The zero-order valence-electron chi connectivity index (χ0n) is 15.6. The summed E-state index contributed by atoms with van der Waals surface area (Å²) in [4.78, 5) is 15.1. The van der Waals surface area contributed by atoms with Crippen LogP contribution in [-0.2, 0) is 0 Å². The fraction of sp³-hybridized carbons (Fsp3) is 0.227. The van der Waals surface area contributed by atoms with Crippen LogP contribution in [0.15, 0.2) is 53.3 Å². The molecule has 1 N–H and O–H groups in total. The highest BCUT2D eigenvalue weighted by Gasteiger charge is 2.05. The Balaban J connectivity index is 2.01. The molecule has 0 aliphatic heterocycles. The minimum absolute atomic E-state index is 0.0910. The summed E-state index contributed by atoms with van der Waals surface area (Å²) in [5.41, 5.74) is 4.04. The van der Waals surface area contributed by atoms with Crippen molar-refractivity contribution in [1.82, 2.24) is 9.78 Å². The van der Waals surface area contributed by atoms with Crippen LogP contribution < -0.4 is 21.0 Å². The SMILES string of the molecule is C=c1[nH]n(-c2ccc(C)cc2)c(=O)c1=Cc1ccc(N(CC)CC)cc1. The van der Waals surface area contributed by atoms with Crippen molar-refractivity contribution in [2.45, 2.75) is 20.8 Å². The van der Waals surface area contributed by atoms with E-state index < -0.39 is 0 Å². The summed E-state index contributed by atoms with van der Waals surface area (Å²) in [6.45, 7) is 12.3. The lowest BCUT2D eigenvalue weighted by Gasteiger charge is -2.20. The van der Waals surface area contributed by atoms with Crippen LogP contribution in [0.5, 0.6) is 0 Å². The van der Waals surface area contributed by atoms with Gasteiger partial charge in [-0.3, -0.25) is 9.89 Å². The Morgan fingerprint density at radius 2 is 1.65 bits per heavy atom. The van der Waals surface area contributed by atoms with Crippen molar-refractivity contribution < 1.29 is 0 Å². The first kappa shape index (κ1) is 17.8. The summed E-state index contributed by atoms with van der Waals surface area (Å²) in [5, 5.41) is 4.27. The summed E-state index contributed by atoms with van der Waals surface area (Å²) in [6, 6.07) is 16.1. The third kappa shape index (κ3) is 3.49. The zero-order valence-corrected chi connectivity index (χ0v) is 15.6. The molecule has 2 aromatic carbocycles. The van der Waals surface area contributed by atoms with E-state index in [0.717, 1.165) is 29.9 Å². The Hall–Kier alpha value is -3.01. The maximum Gasteiger partial charge on any atom is 0.279 e. The summed E-state index contributed by atoms with van der Waals surface area (Å²) in [5.74, 6) is 0. The minimum atomic E-state index is -0.0910. The lowest BCUT2D eigenvalue weighted by molar-refractivity contribution is 0.838. The third-order valence-corrected chi connectivity index (χ3v) is 4.63. The molecule has 0 fully saturated rings. The average Bonchev–Trinajstić information content (AvgIpc) is 2.93. The molecule has 134 valence electrons. The molecule has 0 bridgehead atoms. The van der Waals surface area contributed by atoms with Crippen molar-refractivity contribution in [3.05, 3.63) is 80.6 Å². The predicted molar refractivity (Wildman–Crippen MR) is 109 cm³/mol. The molecule has 26 heavy (non-hydrogen) atoms. The molecule has 4 nitrogen and oxygen atoms in total. The van der Waals surface area contributed by atoms with E-state index in [9.17, 15) is 4.79 Å². The largest absolute Gasteiger partial charge is 0.372 e. The lowest BCUT2D eigenvalue weighted by atomic mass is 10.1. The van der Waals surface area contributed by atoms with E-state index in [-0.39, 0.29) is 5.56 Å². The average molecular weight is 347 g/mol. The standard InChI is InChI=1S/C22H25N3O/c1-5-24(6-2)19-13-9-18(10-14-19)15-21-17(4)23-25(22(21)26)20-11-7-16(3)8-12-20/h7-15,23H,4-6H2,1-3H3. The number of aromatic amines is 1.